The van der Waals surface area contributed by atoms with Gasteiger partial charge in [-0.1, -0.05) is 32.9 Å². The third-order valence-electron chi connectivity index (χ3n) is 4.90. The van der Waals surface area contributed by atoms with E-state index in [9.17, 15) is 9.59 Å². The molecule has 0 bridgehead atoms. The predicted octanol–water partition coefficient (Wildman–Crippen LogP) is 2.04. The zero-order chi connectivity index (χ0) is 21.6. The number of hydrogen-bond acceptors (Lipinski definition) is 7. The van der Waals surface area contributed by atoms with E-state index >= 15 is 0 Å². The third-order valence-corrected chi connectivity index (χ3v) is 4.90. The normalized spacial score (nSPS) is 14.4. The quantitative estimate of drug-likeness (QED) is 0.671. The minimum absolute atomic E-state index is 0.0530. The molecular weight excluding hydrogens is 384 g/mol. The van der Waals surface area contributed by atoms with E-state index < -0.39 is 5.97 Å². The second-order valence-electron chi connectivity index (χ2n) is 8.14. The zero-order valence-corrected chi connectivity index (χ0v) is 17.7. The Labute approximate surface area is 176 Å². The van der Waals surface area contributed by atoms with Gasteiger partial charge in [0.25, 0.3) is 5.91 Å². The number of carbonyl (C=O) groups is 2. The van der Waals surface area contributed by atoms with E-state index in [0.29, 0.717) is 37.9 Å². The molecule has 1 amide bonds. The largest absolute Gasteiger partial charge is 0.482 e. The van der Waals surface area contributed by atoms with E-state index in [4.69, 9.17) is 9.47 Å². The molecule has 1 aromatic heterocycles. The van der Waals surface area contributed by atoms with E-state index in [1.54, 1.807) is 23.4 Å². The van der Waals surface area contributed by atoms with Gasteiger partial charge in [0, 0.05) is 38.6 Å². The number of amides is 1. The maximum atomic E-state index is 12.3. The molecule has 160 valence electrons. The van der Waals surface area contributed by atoms with Gasteiger partial charge >= 0.3 is 5.97 Å². The minimum atomic E-state index is -0.570. The van der Waals surface area contributed by atoms with Crippen LogP contribution in [-0.2, 0) is 19.7 Å². The highest BCUT2D eigenvalue weighted by Gasteiger charge is 2.23. The lowest BCUT2D eigenvalue weighted by Crippen LogP contribution is -2.50. The van der Waals surface area contributed by atoms with E-state index in [-0.39, 0.29) is 24.5 Å². The van der Waals surface area contributed by atoms with Gasteiger partial charge in [-0.2, -0.15) is 0 Å². The van der Waals surface area contributed by atoms with Gasteiger partial charge in [-0.3, -0.25) is 4.79 Å². The number of carbonyl (C=O) groups excluding carboxylic acids is 2. The first-order chi connectivity index (χ1) is 14.3. The van der Waals surface area contributed by atoms with Crippen LogP contribution in [0.15, 0.2) is 42.7 Å². The predicted molar refractivity (Wildman–Crippen MR) is 112 cm³/mol. The summed E-state index contributed by atoms with van der Waals surface area (Å²) in [5.74, 6) is 0.459. The molecule has 1 aromatic carbocycles. The molecule has 0 aliphatic carbocycles. The van der Waals surface area contributed by atoms with Crippen LogP contribution in [0, 0.1) is 0 Å². The molecule has 1 fully saturated rings. The molecule has 0 unspecified atom stereocenters. The van der Waals surface area contributed by atoms with Crippen LogP contribution in [0.4, 0.5) is 5.95 Å². The van der Waals surface area contributed by atoms with Crippen molar-refractivity contribution in [3.63, 3.8) is 0 Å². The fourth-order valence-electron chi connectivity index (χ4n) is 3.08. The molecule has 0 N–H and O–H groups in total. The Morgan fingerprint density at radius 1 is 0.967 bits per heavy atom. The first kappa shape index (κ1) is 21.5. The van der Waals surface area contributed by atoms with Crippen molar-refractivity contribution in [3.05, 3.63) is 48.3 Å². The number of aromatic nitrogens is 2. The van der Waals surface area contributed by atoms with Crippen molar-refractivity contribution in [2.75, 3.05) is 44.3 Å². The monoisotopic (exact) mass is 412 g/mol. The Morgan fingerprint density at radius 2 is 1.60 bits per heavy atom. The van der Waals surface area contributed by atoms with E-state index in [0.717, 1.165) is 0 Å². The first-order valence-corrected chi connectivity index (χ1v) is 10.0. The van der Waals surface area contributed by atoms with Crippen molar-refractivity contribution in [1.82, 2.24) is 14.9 Å². The highest BCUT2D eigenvalue weighted by molar-refractivity contribution is 5.81. The molecule has 0 atom stereocenters. The number of anilines is 1. The number of nitrogens with zero attached hydrogens (tertiary/aromatic N) is 4. The average Bonchev–Trinajstić information content (AvgIpc) is 2.76. The Balaban J connectivity index is 1.37. The Bertz CT molecular complexity index is 842. The molecule has 1 saturated heterocycles. The van der Waals surface area contributed by atoms with Crippen molar-refractivity contribution in [2.45, 2.75) is 26.2 Å². The van der Waals surface area contributed by atoms with Crippen molar-refractivity contribution < 1.29 is 19.1 Å². The smallest absolute Gasteiger partial charge is 0.344 e. The van der Waals surface area contributed by atoms with Gasteiger partial charge in [-0.05, 0) is 29.2 Å². The van der Waals surface area contributed by atoms with Gasteiger partial charge in [0.15, 0.2) is 13.2 Å². The molecule has 0 radical (unpaired) electrons. The fraction of sp³-hybridized carbons (Fsp3) is 0.455. The lowest BCUT2D eigenvalue weighted by molar-refractivity contribution is -0.153. The zero-order valence-electron chi connectivity index (χ0n) is 17.7. The number of hydrogen-bond donors (Lipinski definition) is 0. The van der Waals surface area contributed by atoms with E-state index in [2.05, 4.69) is 30.7 Å². The molecule has 2 heterocycles. The number of piperazine rings is 1. The average molecular weight is 412 g/mol. The SMILES string of the molecule is CC(C)(C)c1ccc(OCC(=O)OCC(=O)N2CCN(c3ncccn3)CC2)cc1. The van der Waals surface area contributed by atoms with Crippen molar-refractivity contribution in [3.8, 4) is 5.75 Å². The summed E-state index contributed by atoms with van der Waals surface area (Å²) in [7, 11) is 0. The van der Waals surface area contributed by atoms with Crippen LogP contribution in [0.3, 0.4) is 0 Å². The van der Waals surface area contributed by atoms with Gasteiger partial charge in [-0.15, -0.1) is 0 Å². The second kappa shape index (κ2) is 9.56. The third kappa shape index (κ3) is 5.92. The maximum Gasteiger partial charge on any atom is 0.344 e. The molecule has 3 rings (SSSR count). The van der Waals surface area contributed by atoms with Gasteiger partial charge in [0.2, 0.25) is 5.95 Å². The van der Waals surface area contributed by atoms with Crippen LogP contribution >= 0.6 is 0 Å². The summed E-state index contributed by atoms with van der Waals surface area (Å²) in [6, 6.07) is 9.38. The summed E-state index contributed by atoms with van der Waals surface area (Å²) in [5, 5.41) is 0. The van der Waals surface area contributed by atoms with Gasteiger partial charge in [-0.25, -0.2) is 14.8 Å². The Kier molecular flexibility index (Phi) is 6.87. The number of benzene rings is 1. The lowest BCUT2D eigenvalue weighted by Gasteiger charge is -2.34. The molecule has 1 aliphatic rings. The van der Waals surface area contributed by atoms with Gasteiger partial charge in [0.1, 0.15) is 5.75 Å². The Morgan fingerprint density at radius 3 is 2.20 bits per heavy atom. The topological polar surface area (TPSA) is 84.9 Å². The van der Waals surface area contributed by atoms with Crippen molar-refractivity contribution in [2.24, 2.45) is 0 Å². The molecule has 8 heteroatoms. The van der Waals surface area contributed by atoms with Crippen LogP contribution in [-0.4, -0.2) is 66.1 Å². The molecule has 30 heavy (non-hydrogen) atoms. The Hall–Kier alpha value is -3.16. The lowest BCUT2D eigenvalue weighted by atomic mass is 9.87. The summed E-state index contributed by atoms with van der Waals surface area (Å²) in [5.41, 5.74) is 1.24. The van der Waals surface area contributed by atoms with Gasteiger partial charge < -0.3 is 19.3 Å². The standard InChI is InChI=1S/C22H28N4O4/c1-22(2,3)17-5-7-18(8-6-17)29-16-20(28)30-15-19(27)25-11-13-26(14-12-25)21-23-9-4-10-24-21/h4-10H,11-16H2,1-3H3. The van der Waals surface area contributed by atoms with E-state index in [1.165, 1.54) is 5.56 Å². The van der Waals surface area contributed by atoms with Crippen LogP contribution in [0.5, 0.6) is 5.75 Å². The van der Waals surface area contributed by atoms with Crippen LogP contribution < -0.4 is 9.64 Å². The van der Waals surface area contributed by atoms with Crippen molar-refractivity contribution in [1.29, 1.82) is 0 Å². The first-order valence-electron chi connectivity index (χ1n) is 10.0. The summed E-state index contributed by atoms with van der Waals surface area (Å²) < 4.78 is 10.5. The summed E-state index contributed by atoms with van der Waals surface area (Å²) >= 11 is 0. The van der Waals surface area contributed by atoms with Crippen LogP contribution in [0.2, 0.25) is 0 Å². The highest BCUT2D eigenvalue weighted by atomic mass is 16.6. The molecule has 2 aromatic rings. The highest BCUT2D eigenvalue weighted by Crippen LogP contribution is 2.24. The number of esters is 1. The maximum absolute atomic E-state index is 12.3. The molecule has 0 saturated carbocycles. The molecule has 1 aliphatic heterocycles. The summed E-state index contributed by atoms with van der Waals surface area (Å²) in [6.45, 7) is 8.21. The van der Waals surface area contributed by atoms with E-state index in [1.807, 2.05) is 29.2 Å². The number of rotatable bonds is 6. The molecular formula is C22H28N4O4. The number of ether oxygens (including phenoxy) is 2. The molecule has 0 spiro atoms. The fourth-order valence-corrected chi connectivity index (χ4v) is 3.08. The van der Waals surface area contributed by atoms with Crippen molar-refractivity contribution >= 4 is 17.8 Å². The summed E-state index contributed by atoms with van der Waals surface area (Å²) in [6.07, 6.45) is 3.39. The molecule has 8 nitrogen and oxygen atoms in total. The summed E-state index contributed by atoms with van der Waals surface area (Å²) in [4.78, 5) is 36.4. The van der Waals surface area contributed by atoms with Crippen LogP contribution in [0.25, 0.3) is 0 Å². The van der Waals surface area contributed by atoms with Gasteiger partial charge in [0.05, 0.1) is 0 Å². The minimum Gasteiger partial charge on any atom is -0.482 e. The van der Waals surface area contributed by atoms with Crippen LogP contribution in [0.1, 0.15) is 26.3 Å². The second-order valence-corrected chi connectivity index (χ2v) is 8.14.